The summed E-state index contributed by atoms with van der Waals surface area (Å²) < 4.78 is 24.6. The van der Waals surface area contributed by atoms with E-state index in [1.54, 1.807) is 7.05 Å². The average Bonchev–Trinajstić information content (AvgIpc) is 1.95. The standard InChI is InChI=1S/C7H7F2N.CH4/c1-10-5-2-3-6(8)7(9)4-5;/h2-4,10H,1H3;1H4. The maximum Gasteiger partial charge on any atom is 0.160 e. The molecule has 0 aliphatic rings. The van der Waals surface area contributed by atoms with Crippen molar-refractivity contribution in [3.8, 4) is 0 Å². The summed E-state index contributed by atoms with van der Waals surface area (Å²) >= 11 is 0. The summed E-state index contributed by atoms with van der Waals surface area (Å²) in [5.41, 5.74) is 0.568. The van der Waals surface area contributed by atoms with Crippen molar-refractivity contribution in [2.45, 2.75) is 7.43 Å². The van der Waals surface area contributed by atoms with Crippen LogP contribution in [0, 0.1) is 11.6 Å². The Bertz CT molecular complexity index is 236. The molecule has 0 amide bonds. The van der Waals surface area contributed by atoms with Crippen molar-refractivity contribution in [2.24, 2.45) is 0 Å². The van der Waals surface area contributed by atoms with E-state index < -0.39 is 11.6 Å². The van der Waals surface area contributed by atoms with Gasteiger partial charge in [0.2, 0.25) is 0 Å². The molecule has 0 aliphatic heterocycles. The first-order chi connectivity index (χ1) is 4.74. The third-order valence-corrected chi connectivity index (χ3v) is 1.21. The fourth-order valence-corrected chi connectivity index (χ4v) is 0.652. The Hall–Kier alpha value is -1.12. The molecule has 1 aromatic carbocycles. The molecule has 1 aromatic rings. The minimum atomic E-state index is -0.827. The summed E-state index contributed by atoms with van der Waals surface area (Å²) in [6.45, 7) is 0. The molecule has 1 rings (SSSR count). The first-order valence-corrected chi connectivity index (χ1v) is 2.87. The largest absolute Gasteiger partial charge is 0.388 e. The molecule has 0 fully saturated rings. The van der Waals surface area contributed by atoms with E-state index in [0.717, 1.165) is 12.1 Å². The van der Waals surface area contributed by atoms with Gasteiger partial charge in [-0.2, -0.15) is 0 Å². The molecule has 0 aliphatic carbocycles. The van der Waals surface area contributed by atoms with Crippen molar-refractivity contribution in [3.63, 3.8) is 0 Å². The van der Waals surface area contributed by atoms with E-state index in [-0.39, 0.29) is 7.43 Å². The second-order valence-corrected chi connectivity index (χ2v) is 1.88. The molecule has 0 spiro atoms. The van der Waals surface area contributed by atoms with E-state index in [1.165, 1.54) is 6.07 Å². The van der Waals surface area contributed by atoms with Gasteiger partial charge < -0.3 is 5.32 Å². The predicted octanol–water partition coefficient (Wildman–Crippen LogP) is 2.64. The highest BCUT2D eigenvalue weighted by atomic mass is 19.2. The second-order valence-electron chi connectivity index (χ2n) is 1.88. The number of anilines is 1. The Labute approximate surface area is 65.0 Å². The Balaban J connectivity index is 0.000001000. The maximum absolute atomic E-state index is 12.4. The van der Waals surface area contributed by atoms with Gasteiger partial charge in [-0.25, -0.2) is 8.78 Å². The zero-order chi connectivity index (χ0) is 7.56. The van der Waals surface area contributed by atoms with Crippen LogP contribution < -0.4 is 5.32 Å². The molecule has 0 bridgehead atoms. The Morgan fingerprint density at radius 1 is 1.18 bits per heavy atom. The lowest BCUT2D eigenvalue weighted by atomic mass is 10.3. The monoisotopic (exact) mass is 159 g/mol. The fourth-order valence-electron chi connectivity index (χ4n) is 0.652. The van der Waals surface area contributed by atoms with Gasteiger partial charge >= 0.3 is 0 Å². The van der Waals surface area contributed by atoms with Crippen LogP contribution in [0.15, 0.2) is 18.2 Å². The molecular weight excluding hydrogens is 148 g/mol. The van der Waals surface area contributed by atoms with Crippen molar-refractivity contribution in [1.82, 2.24) is 0 Å². The Kier molecular flexibility index (Phi) is 3.51. The zero-order valence-corrected chi connectivity index (χ0v) is 5.49. The first kappa shape index (κ1) is 9.88. The van der Waals surface area contributed by atoms with E-state index in [2.05, 4.69) is 5.32 Å². The van der Waals surface area contributed by atoms with Crippen molar-refractivity contribution in [1.29, 1.82) is 0 Å². The Morgan fingerprint density at radius 2 is 1.82 bits per heavy atom. The lowest BCUT2D eigenvalue weighted by molar-refractivity contribution is 0.509. The first-order valence-electron chi connectivity index (χ1n) is 2.87. The number of nitrogens with one attached hydrogen (secondary N) is 1. The van der Waals surface area contributed by atoms with Crippen LogP contribution in [-0.2, 0) is 0 Å². The number of hydrogen-bond acceptors (Lipinski definition) is 1. The predicted molar refractivity (Wildman–Crippen MR) is 42.6 cm³/mol. The van der Waals surface area contributed by atoms with Crippen molar-refractivity contribution >= 4 is 5.69 Å². The van der Waals surface area contributed by atoms with Crippen LogP contribution in [0.2, 0.25) is 0 Å². The summed E-state index contributed by atoms with van der Waals surface area (Å²) in [6.07, 6.45) is 0. The number of benzene rings is 1. The third-order valence-electron chi connectivity index (χ3n) is 1.21. The zero-order valence-electron chi connectivity index (χ0n) is 5.49. The maximum atomic E-state index is 12.4. The van der Waals surface area contributed by atoms with Gasteiger partial charge in [-0.05, 0) is 18.2 Å². The smallest absolute Gasteiger partial charge is 0.160 e. The fraction of sp³-hybridized carbons (Fsp3) is 0.250. The molecule has 0 saturated carbocycles. The minimum Gasteiger partial charge on any atom is -0.388 e. The summed E-state index contributed by atoms with van der Waals surface area (Å²) in [6, 6.07) is 3.66. The van der Waals surface area contributed by atoms with Crippen molar-refractivity contribution in [3.05, 3.63) is 29.8 Å². The van der Waals surface area contributed by atoms with E-state index in [4.69, 9.17) is 0 Å². The highest BCUT2D eigenvalue weighted by Gasteiger charge is 1.99. The lowest BCUT2D eigenvalue weighted by Crippen LogP contribution is -1.90. The number of hydrogen-bond donors (Lipinski definition) is 1. The molecule has 1 nitrogen and oxygen atoms in total. The van der Waals surface area contributed by atoms with Gasteiger partial charge in [0.25, 0.3) is 0 Å². The molecular formula is C8H11F2N. The summed E-state index contributed by atoms with van der Waals surface area (Å²) in [5.74, 6) is -1.65. The van der Waals surface area contributed by atoms with E-state index >= 15 is 0 Å². The molecule has 3 heteroatoms. The van der Waals surface area contributed by atoms with Crippen LogP contribution in [-0.4, -0.2) is 7.05 Å². The van der Waals surface area contributed by atoms with E-state index in [0.29, 0.717) is 5.69 Å². The molecule has 1 N–H and O–H groups in total. The van der Waals surface area contributed by atoms with Gasteiger partial charge in [0, 0.05) is 12.7 Å². The van der Waals surface area contributed by atoms with Gasteiger partial charge in [-0.15, -0.1) is 0 Å². The Morgan fingerprint density at radius 3 is 2.27 bits per heavy atom. The minimum absolute atomic E-state index is 0. The normalized spacial score (nSPS) is 8.64. The molecule has 62 valence electrons. The van der Waals surface area contributed by atoms with Crippen LogP contribution in [0.5, 0.6) is 0 Å². The van der Waals surface area contributed by atoms with Crippen LogP contribution in [0.1, 0.15) is 7.43 Å². The molecule has 0 unspecified atom stereocenters. The van der Waals surface area contributed by atoms with Crippen LogP contribution >= 0.6 is 0 Å². The molecule has 0 atom stereocenters. The average molecular weight is 159 g/mol. The van der Waals surface area contributed by atoms with Gasteiger partial charge in [0.15, 0.2) is 11.6 Å². The number of rotatable bonds is 1. The van der Waals surface area contributed by atoms with Gasteiger partial charge in [0.05, 0.1) is 0 Å². The second kappa shape index (κ2) is 3.91. The molecule has 11 heavy (non-hydrogen) atoms. The summed E-state index contributed by atoms with van der Waals surface area (Å²) in [4.78, 5) is 0. The van der Waals surface area contributed by atoms with Crippen LogP contribution in [0.3, 0.4) is 0 Å². The van der Waals surface area contributed by atoms with Crippen molar-refractivity contribution in [2.75, 3.05) is 12.4 Å². The molecule has 0 heterocycles. The van der Waals surface area contributed by atoms with Gasteiger partial charge in [0.1, 0.15) is 0 Å². The van der Waals surface area contributed by atoms with Crippen LogP contribution in [0.4, 0.5) is 14.5 Å². The quantitative estimate of drug-likeness (QED) is 0.664. The van der Waals surface area contributed by atoms with E-state index in [9.17, 15) is 8.78 Å². The molecule has 0 aromatic heterocycles. The van der Waals surface area contributed by atoms with Gasteiger partial charge in [-0.1, -0.05) is 7.43 Å². The van der Waals surface area contributed by atoms with Crippen LogP contribution in [0.25, 0.3) is 0 Å². The highest BCUT2D eigenvalue weighted by molar-refractivity contribution is 5.42. The molecule has 0 radical (unpaired) electrons. The summed E-state index contributed by atoms with van der Waals surface area (Å²) in [7, 11) is 1.65. The summed E-state index contributed by atoms with van der Waals surface area (Å²) in [5, 5.41) is 2.69. The highest BCUT2D eigenvalue weighted by Crippen LogP contribution is 2.11. The third kappa shape index (κ3) is 2.18. The van der Waals surface area contributed by atoms with Crippen molar-refractivity contribution < 1.29 is 8.78 Å². The molecule has 0 saturated heterocycles. The number of halogens is 2. The topological polar surface area (TPSA) is 12.0 Å². The van der Waals surface area contributed by atoms with Gasteiger partial charge in [-0.3, -0.25) is 0 Å². The van der Waals surface area contributed by atoms with E-state index in [1.807, 2.05) is 0 Å². The SMILES string of the molecule is C.CNc1ccc(F)c(F)c1. The lowest BCUT2D eigenvalue weighted by Gasteiger charge is -1.98.